The Balaban J connectivity index is 1.47. The highest BCUT2D eigenvalue weighted by molar-refractivity contribution is 9.10. The van der Waals surface area contributed by atoms with Gasteiger partial charge in [0, 0.05) is 21.3 Å². The number of hydrogen-bond donors (Lipinski definition) is 0. The van der Waals surface area contributed by atoms with E-state index in [2.05, 4.69) is 131 Å². The normalized spacial score (nSPS) is 14.7. The Bertz CT molecular complexity index is 1620. The Morgan fingerprint density at radius 1 is 0.541 bits per heavy atom. The predicted octanol–water partition coefficient (Wildman–Crippen LogP) is 10.1. The van der Waals surface area contributed by atoms with Gasteiger partial charge >= 0.3 is 0 Å². The molecule has 37 heavy (non-hydrogen) atoms. The maximum absolute atomic E-state index is 6.26. The van der Waals surface area contributed by atoms with Gasteiger partial charge in [-0.25, -0.2) is 0 Å². The Morgan fingerprint density at radius 2 is 1.08 bits per heavy atom. The molecule has 0 aliphatic carbocycles. The lowest BCUT2D eigenvalue weighted by atomic mass is 9.73. The summed E-state index contributed by atoms with van der Waals surface area (Å²) in [5.41, 5.74) is 9.11. The van der Waals surface area contributed by atoms with Crippen LogP contribution < -0.4 is 14.5 Å². The second kappa shape index (κ2) is 8.25. The SMILES string of the molecule is CC1(C)c2cc(Br)ccc2N(c2ccccc2)c2ccc(N3c4ccccc4Oc4ccccc43)cc21. The summed E-state index contributed by atoms with van der Waals surface area (Å²) >= 11 is 3.73. The van der Waals surface area contributed by atoms with E-state index in [1.807, 2.05) is 24.3 Å². The molecule has 0 fully saturated rings. The van der Waals surface area contributed by atoms with Gasteiger partial charge in [0.15, 0.2) is 11.5 Å². The van der Waals surface area contributed by atoms with Gasteiger partial charge < -0.3 is 14.5 Å². The molecule has 0 saturated heterocycles. The van der Waals surface area contributed by atoms with Crippen molar-refractivity contribution in [3.8, 4) is 11.5 Å². The molecule has 5 aromatic rings. The monoisotopic (exact) mass is 544 g/mol. The molecule has 0 N–H and O–H groups in total. The number of nitrogens with zero attached hydrogens (tertiary/aromatic N) is 2. The van der Waals surface area contributed by atoms with Gasteiger partial charge in [-0.05, 0) is 83.9 Å². The van der Waals surface area contributed by atoms with Gasteiger partial charge in [-0.1, -0.05) is 72.2 Å². The van der Waals surface area contributed by atoms with Crippen LogP contribution in [-0.4, -0.2) is 0 Å². The van der Waals surface area contributed by atoms with E-state index in [9.17, 15) is 0 Å². The van der Waals surface area contributed by atoms with Gasteiger partial charge in [0.05, 0.1) is 22.7 Å². The van der Waals surface area contributed by atoms with Crippen molar-refractivity contribution in [3.05, 3.63) is 131 Å². The molecule has 0 atom stereocenters. The number of ether oxygens (including phenoxy) is 1. The zero-order valence-electron chi connectivity index (χ0n) is 20.7. The van der Waals surface area contributed by atoms with Crippen LogP contribution in [0.1, 0.15) is 25.0 Å². The molecule has 2 aliphatic heterocycles. The fourth-order valence-corrected chi connectivity index (χ4v) is 6.04. The Hall–Kier alpha value is -4.02. The van der Waals surface area contributed by atoms with Crippen molar-refractivity contribution in [2.24, 2.45) is 0 Å². The van der Waals surface area contributed by atoms with Crippen molar-refractivity contribution < 1.29 is 4.74 Å². The van der Waals surface area contributed by atoms with E-state index in [-0.39, 0.29) is 5.41 Å². The van der Waals surface area contributed by atoms with E-state index in [0.717, 1.165) is 38.7 Å². The zero-order valence-corrected chi connectivity index (χ0v) is 22.2. The predicted molar refractivity (Wildman–Crippen MR) is 156 cm³/mol. The molecule has 2 heterocycles. The average molecular weight is 545 g/mol. The highest BCUT2D eigenvalue weighted by Gasteiger charge is 2.38. The first kappa shape index (κ1) is 22.2. The summed E-state index contributed by atoms with van der Waals surface area (Å²) in [6.07, 6.45) is 0. The van der Waals surface area contributed by atoms with Gasteiger partial charge in [-0.15, -0.1) is 0 Å². The van der Waals surface area contributed by atoms with E-state index in [1.54, 1.807) is 0 Å². The maximum Gasteiger partial charge on any atom is 0.151 e. The van der Waals surface area contributed by atoms with Crippen LogP contribution in [0.5, 0.6) is 11.5 Å². The number of fused-ring (bicyclic) bond motifs is 4. The van der Waals surface area contributed by atoms with Crippen molar-refractivity contribution in [2.45, 2.75) is 19.3 Å². The fraction of sp³-hybridized carbons (Fsp3) is 0.0909. The summed E-state index contributed by atoms with van der Waals surface area (Å²) in [4.78, 5) is 4.70. The molecule has 4 heteroatoms. The minimum Gasteiger partial charge on any atom is -0.453 e. The Kier molecular flexibility index (Phi) is 4.95. The number of hydrogen-bond acceptors (Lipinski definition) is 3. The first-order valence-corrected chi connectivity index (χ1v) is 13.3. The van der Waals surface area contributed by atoms with Gasteiger partial charge in [0.2, 0.25) is 0 Å². The standard InChI is InChI=1S/C33H25BrN2O/c1-33(2)25-20-22(34)16-18-27(25)35(23-10-4-3-5-11-23)28-19-17-24(21-26(28)33)36-29-12-6-8-14-31(29)37-32-15-9-7-13-30(32)36/h3-21H,1-2H3. The van der Waals surface area contributed by atoms with Crippen LogP contribution >= 0.6 is 15.9 Å². The molecule has 2 aliphatic rings. The van der Waals surface area contributed by atoms with Crippen LogP contribution in [0.3, 0.4) is 0 Å². The van der Waals surface area contributed by atoms with E-state index < -0.39 is 0 Å². The first-order valence-electron chi connectivity index (χ1n) is 12.5. The quantitative estimate of drug-likeness (QED) is 0.215. The zero-order chi connectivity index (χ0) is 25.1. The molecule has 5 aromatic carbocycles. The van der Waals surface area contributed by atoms with E-state index in [0.29, 0.717) is 0 Å². The highest BCUT2D eigenvalue weighted by Crippen LogP contribution is 2.55. The van der Waals surface area contributed by atoms with Crippen molar-refractivity contribution in [1.82, 2.24) is 0 Å². The molecule has 0 aromatic heterocycles. The number of anilines is 6. The molecular formula is C33H25BrN2O. The summed E-state index contributed by atoms with van der Waals surface area (Å²) in [5, 5.41) is 0. The summed E-state index contributed by atoms with van der Waals surface area (Å²) in [6.45, 7) is 4.65. The topological polar surface area (TPSA) is 15.7 Å². The van der Waals surface area contributed by atoms with E-state index in [4.69, 9.17) is 4.74 Å². The minimum absolute atomic E-state index is 0.207. The Labute approximate surface area is 225 Å². The second-order valence-corrected chi connectivity index (χ2v) is 10.9. The largest absolute Gasteiger partial charge is 0.453 e. The number of halogens is 1. The highest BCUT2D eigenvalue weighted by atomic mass is 79.9. The molecule has 0 spiro atoms. The molecule has 7 rings (SSSR count). The molecule has 0 amide bonds. The number of para-hydroxylation sites is 5. The molecular weight excluding hydrogens is 520 g/mol. The van der Waals surface area contributed by atoms with Crippen molar-refractivity contribution in [1.29, 1.82) is 0 Å². The van der Waals surface area contributed by atoms with Gasteiger partial charge in [0.1, 0.15) is 0 Å². The van der Waals surface area contributed by atoms with Crippen LogP contribution in [0, 0.1) is 0 Å². The number of benzene rings is 5. The van der Waals surface area contributed by atoms with Crippen LogP contribution in [0.4, 0.5) is 34.1 Å². The molecule has 3 nitrogen and oxygen atoms in total. The maximum atomic E-state index is 6.26. The Morgan fingerprint density at radius 3 is 1.76 bits per heavy atom. The van der Waals surface area contributed by atoms with Crippen molar-refractivity contribution >= 4 is 50.1 Å². The van der Waals surface area contributed by atoms with Gasteiger partial charge in [0.25, 0.3) is 0 Å². The van der Waals surface area contributed by atoms with Crippen LogP contribution in [-0.2, 0) is 5.41 Å². The summed E-state index contributed by atoms with van der Waals surface area (Å²) in [5.74, 6) is 1.72. The summed E-state index contributed by atoms with van der Waals surface area (Å²) < 4.78 is 7.35. The van der Waals surface area contributed by atoms with Crippen LogP contribution in [0.25, 0.3) is 0 Å². The molecule has 0 radical (unpaired) electrons. The minimum atomic E-state index is -0.207. The van der Waals surface area contributed by atoms with E-state index in [1.165, 1.54) is 22.5 Å². The van der Waals surface area contributed by atoms with Crippen molar-refractivity contribution in [3.63, 3.8) is 0 Å². The molecule has 0 saturated carbocycles. The molecule has 180 valence electrons. The summed E-state index contributed by atoms with van der Waals surface area (Å²) in [7, 11) is 0. The second-order valence-electron chi connectivity index (χ2n) is 10.0. The third-order valence-electron chi connectivity index (χ3n) is 7.47. The van der Waals surface area contributed by atoms with Gasteiger partial charge in [-0.3, -0.25) is 0 Å². The van der Waals surface area contributed by atoms with Crippen LogP contribution in [0.2, 0.25) is 0 Å². The fourth-order valence-electron chi connectivity index (χ4n) is 5.68. The third-order valence-corrected chi connectivity index (χ3v) is 7.97. The average Bonchev–Trinajstić information content (AvgIpc) is 2.93. The lowest BCUT2D eigenvalue weighted by molar-refractivity contribution is 0.477. The molecule has 0 bridgehead atoms. The van der Waals surface area contributed by atoms with Crippen LogP contribution in [0.15, 0.2) is 120 Å². The molecule has 0 unspecified atom stereocenters. The first-order chi connectivity index (χ1) is 18.0. The lowest BCUT2D eigenvalue weighted by Gasteiger charge is -2.43. The summed E-state index contributed by atoms with van der Waals surface area (Å²) in [6, 6.07) is 40.6. The lowest BCUT2D eigenvalue weighted by Crippen LogP contribution is -2.31. The van der Waals surface area contributed by atoms with Gasteiger partial charge in [-0.2, -0.15) is 0 Å². The third kappa shape index (κ3) is 3.40. The van der Waals surface area contributed by atoms with Crippen molar-refractivity contribution in [2.75, 3.05) is 9.80 Å². The smallest absolute Gasteiger partial charge is 0.151 e. The number of rotatable bonds is 2. The van der Waals surface area contributed by atoms with E-state index >= 15 is 0 Å².